The standard InChI is InChI=1S/C13H16BrN3O3/c14-11-8(3-1-5-16-11)7-9(12(15)18)17-13(19)10-4-2-6-20-10/h1,3,5,9-10H,2,4,6-7H2,(H2,15,18)(H,17,19)/t9-,10+/m0/s1. The Kier molecular flexibility index (Phi) is 5.08. The van der Waals surface area contributed by atoms with Gasteiger partial charge in [-0.3, -0.25) is 9.59 Å². The van der Waals surface area contributed by atoms with Crippen molar-refractivity contribution in [1.82, 2.24) is 10.3 Å². The molecule has 0 aromatic carbocycles. The third kappa shape index (κ3) is 3.77. The van der Waals surface area contributed by atoms with E-state index >= 15 is 0 Å². The SMILES string of the molecule is NC(=O)[C@H](Cc1cccnc1Br)NC(=O)[C@H]1CCCO1. The molecular weight excluding hydrogens is 326 g/mol. The lowest BCUT2D eigenvalue weighted by Crippen LogP contribution is -2.49. The van der Waals surface area contributed by atoms with Gasteiger partial charge >= 0.3 is 0 Å². The van der Waals surface area contributed by atoms with Crippen LogP contribution in [0.2, 0.25) is 0 Å². The molecule has 0 aliphatic carbocycles. The van der Waals surface area contributed by atoms with Gasteiger partial charge < -0.3 is 15.8 Å². The van der Waals surface area contributed by atoms with Crippen LogP contribution in [0.3, 0.4) is 0 Å². The molecule has 1 fully saturated rings. The number of halogens is 1. The lowest BCUT2D eigenvalue weighted by Gasteiger charge is -2.18. The summed E-state index contributed by atoms with van der Waals surface area (Å²) in [7, 11) is 0. The zero-order valence-corrected chi connectivity index (χ0v) is 12.4. The van der Waals surface area contributed by atoms with Crippen LogP contribution >= 0.6 is 15.9 Å². The number of carbonyl (C=O) groups is 2. The van der Waals surface area contributed by atoms with E-state index in [1.54, 1.807) is 12.3 Å². The summed E-state index contributed by atoms with van der Waals surface area (Å²) in [5, 5.41) is 2.65. The summed E-state index contributed by atoms with van der Waals surface area (Å²) in [6.45, 7) is 0.577. The van der Waals surface area contributed by atoms with Crippen molar-refractivity contribution in [2.75, 3.05) is 6.61 Å². The Labute approximate surface area is 125 Å². The topological polar surface area (TPSA) is 94.3 Å². The van der Waals surface area contributed by atoms with Crippen molar-refractivity contribution in [2.45, 2.75) is 31.4 Å². The fourth-order valence-electron chi connectivity index (χ4n) is 2.06. The molecule has 1 aromatic rings. The van der Waals surface area contributed by atoms with Gasteiger partial charge in [0, 0.05) is 19.2 Å². The quantitative estimate of drug-likeness (QED) is 0.764. The molecule has 7 heteroatoms. The van der Waals surface area contributed by atoms with Crippen LogP contribution in [0.1, 0.15) is 18.4 Å². The lowest BCUT2D eigenvalue weighted by atomic mass is 10.1. The van der Waals surface area contributed by atoms with Gasteiger partial charge in [-0.15, -0.1) is 0 Å². The summed E-state index contributed by atoms with van der Waals surface area (Å²) >= 11 is 3.31. The molecule has 2 rings (SSSR count). The van der Waals surface area contributed by atoms with E-state index in [0.717, 1.165) is 12.0 Å². The molecule has 2 heterocycles. The van der Waals surface area contributed by atoms with Crippen molar-refractivity contribution in [1.29, 1.82) is 0 Å². The molecule has 2 atom stereocenters. The molecule has 0 bridgehead atoms. The highest BCUT2D eigenvalue weighted by atomic mass is 79.9. The smallest absolute Gasteiger partial charge is 0.249 e. The number of primary amides is 1. The largest absolute Gasteiger partial charge is 0.368 e. The third-order valence-electron chi connectivity index (χ3n) is 3.14. The number of pyridine rings is 1. The van der Waals surface area contributed by atoms with Crippen molar-refractivity contribution in [3.05, 3.63) is 28.5 Å². The number of amides is 2. The van der Waals surface area contributed by atoms with E-state index in [1.165, 1.54) is 0 Å². The second kappa shape index (κ2) is 6.81. The minimum Gasteiger partial charge on any atom is -0.368 e. The second-order valence-electron chi connectivity index (χ2n) is 4.62. The summed E-state index contributed by atoms with van der Waals surface area (Å²) in [6, 6.07) is 2.82. The highest BCUT2D eigenvalue weighted by Crippen LogP contribution is 2.16. The van der Waals surface area contributed by atoms with Gasteiger partial charge in [0.25, 0.3) is 0 Å². The molecule has 1 aliphatic rings. The fraction of sp³-hybridized carbons (Fsp3) is 0.462. The predicted octanol–water partition coefficient (Wildman–Crippen LogP) is 0.536. The summed E-state index contributed by atoms with van der Waals surface area (Å²) in [5.41, 5.74) is 6.16. The Morgan fingerprint density at radius 3 is 3.00 bits per heavy atom. The van der Waals surface area contributed by atoms with E-state index < -0.39 is 18.1 Å². The van der Waals surface area contributed by atoms with E-state index in [0.29, 0.717) is 24.1 Å². The van der Waals surface area contributed by atoms with Crippen molar-refractivity contribution in [3.63, 3.8) is 0 Å². The van der Waals surface area contributed by atoms with Crippen molar-refractivity contribution >= 4 is 27.7 Å². The van der Waals surface area contributed by atoms with Crippen LogP contribution in [-0.4, -0.2) is 35.6 Å². The summed E-state index contributed by atoms with van der Waals surface area (Å²) in [6.07, 6.45) is 2.98. The number of hydrogen-bond acceptors (Lipinski definition) is 4. The number of nitrogens with one attached hydrogen (secondary N) is 1. The lowest BCUT2D eigenvalue weighted by molar-refractivity contribution is -0.133. The number of nitrogens with zero attached hydrogens (tertiary/aromatic N) is 1. The summed E-state index contributed by atoms with van der Waals surface area (Å²) in [5.74, 6) is -0.863. The first-order chi connectivity index (χ1) is 9.58. The number of carbonyl (C=O) groups excluding carboxylic acids is 2. The van der Waals surface area contributed by atoms with Crippen LogP contribution < -0.4 is 11.1 Å². The molecule has 108 valence electrons. The van der Waals surface area contributed by atoms with E-state index in [-0.39, 0.29) is 5.91 Å². The maximum absolute atomic E-state index is 12.0. The van der Waals surface area contributed by atoms with Gasteiger partial charge in [-0.05, 0) is 40.4 Å². The first-order valence-corrected chi connectivity index (χ1v) is 7.18. The molecule has 2 amide bonds. The molecule has 1 saturated heterocycles. The third-order valence-corrected chi connectivity index (χ3v) is 3.86. The molecular formula is C13H16BrN3O3. The van der Waals surface area contributed by atoms with Crippen molar-refractivity contribution in [2.24, 2.45) is 5.73 Å². The van der Waals surface area contributed by atoms with Crippen LogP contribution in [-0.2, 0) is 20.7 Å². The Hall–Kier alpha value is -1.47. The average molecular weight is 342 g/mol. The number of aromatic nitrogens is 1. The van der Waals surface area contributed by atoms with E-state index in [2.05, 4.69) is 26.2 Å². The molecule has 1 aromatic heterocycles. The molecule has 1 aliphatic heterocycles. The van der Waals surface area contributed by atoms with E-state index in [9.17, 15) is 9.59 Å². The summed E-state index contributed by atoms with van der Waals surface area (Å²) in [4.78, 5) is 27.5. The number of nitrogens with two attached hydrogens (primary N) is 1. The number of rotatable bonds is 5. The molecule has 0 saturated carbocycles. The number of hydrogen-bond donors (Lipinski definition) is 2. The van der Waals surface area contributed by atoms with Crippen LogP contribution in [0.4, 0.5) is 0 Å². The zero-order chi connectivity index (χ0) is 14.5. The van der Waals surface area contributed by atoms with Crippen LogP contribution in [0.15, 0.2) is 22.9 Å². The Bertz CT molecular complexity index is 503. The molecule has 3 N–H and O–H groups in total. The van der Waals surface area contributed by atoms with Gasteiger partial charge in [0.2, 0.25) is 11.8 Å². The van der Waals surface area contributed by atoms with Gasteiger partial charge in [0.1, 0.15) is 16.7 Å². The Morgan fingerprint density at radius 2 is 2.40 bits per heavy atom. The van der Waals surface area contributed by atoms with E-state index in [1.807, 2.05) is 6.07 Å². The van der Waals surface area contributed by atoms with E-state index in [4.69, 9.17) is 10.5 Å². The van der Waals surface area contributed by atoms with Crippen LogP contribution in [0.25, 0.3) is 0 Å². The molecule has 20 heavy (non-hydrogen) atoms. The maximum atomic E-state index is 12.0. The van der Waals surface area contributed by atoms with Gasteiger partial charge in [-0.1, -0.05) is 6.07 Å². The minimum atomic E-state index is -0.771. The summed E-state index contributed by atoms with van der Waals surface area (Å²) < 4.78 is 5.92. The second-order valence-corrected chi connectivity index (χ2v) is 5.37. The van der Waals surface area contributed by atoms with Crippen molar-refractivity contribution < 1.29 is 14.3 Å². The molecule has 0 spiro atoms. The number of ether oxygens (including phenoxy) is 1. The molecule has 6 nitrogen and oxygen atoms in total. The van der Waals surface area contributed by atoms with Crippen LogP contribution in [0, 0.1) is 0 Å². The van der Waals surface area contributed by atoms with Gasteiger partial charge in [0.15, 0.2) is 0 Å². The zero-order valence-electron chi connectivity index (χ0n) is 10.8. The van der Waals surface area contributed by atoms with Crippen LogP contribution in [0.5, 0.6) is 0 Å². The highest BCUT2D eigenvalue weighted by molar-refractivity contribution is 9.10. The van der Waals surface area contributed by atoms with Crippen molar-refractivity contribution in [3.8, 4) is 0 Å². The first-order valence-electron chi connectivity index (χ1n) is 6.38. The molecule has 0 unspecified atom stereocenters. The Morgan fingerprint density at radius 1 is 1.60 bits per heavy atom. The normalized spacial score (nSPS) is 19.6. The molecule has 0 radical (unpaired) electrons. The average Bonchev–Trinajstić information content (AvgIpc) is 2.94. The maximum Gasteiger partial charge on any atom is 0.249 e. The van der Waals surface area contributed by atoms with Gasteiger partial charge in [0.05, 0.1) is 0 Å². The van der Waals surface area contributed by atoms with Gasteiger partial charge in [-0.2, -0.15) is 0 Å². The van der Waals surface area contributed by atoms with Gasteiger partial charge in [-0.25, -0.2) is 4.98 Å². The fourth-order valence-corrected chi connectivity index (χ4v) is 2.48. The monoisotopic (exact) mass is 341 g/mol. The first kappa shape index (κ1) is 14.9. The predicted molar refractivity (Wildman–Crippen MR) is 75.7 cm³/mol. The Balaban J connectivity index is 2.02. The highest BCUT2D eigenvalue weighted by Gasteiger charge is 2.27. The minimum absolute atomic E-state index is 0.286.